The van der Waals surface area contributed by atoms with E-state index in [1.54, 1.807) is 0 Å². The summed E-state index contributed by atoms with van der Waals surface area (Å²) in [5.41, 5.74) is 0.669. The normalized spacial score (nSPS) is 24.4. The maximum absolute atomic E-state index is 13.3. The predicted octanol–water partition coefficient (Wildman–Crippen LogP) is 2.13. The monoisotopic (exact) mass is 267 g/mol. The molecule has 104 valence electrons. The van der Waals surface area contributed by atoms with Gasteiger partial charge in [-0.3, -0.25) is 4.90 Å². The number of hydrogen-bond acceptors (Lipinski definition) is 3. The van der Waals surface area contributed by atoms with Crippen molar-refractivity contribution < 1.29 is 19.0 Å². The Morgan fingerprint density at radius 2 is 2.05 bits per heavy atom. The number of morpholine rings is 1. The molecule has 0 aromatic heterocycles. The summed E-state index contributed by atoms with van der Waals surface area (Å²) in [4.78, 5) is 13.2. The Kier molecular flexibility index (Phi) is 4.17. The number of aromatic carboxylic acids is 1. The number of hydrogen-bond donors (Lipinski definition) is 1. The van der Waals surface area contributed by atoms with E-state index < -0.39 is 11.8 Å². The first-order chi connectivity index (χ1) is 8.95. The zero-order valence-corrected chi connectivity index (χ0v) is 11.1. The zero-order chi connectivity index (χ0) is 14.0. The molecule has 0 radical (unpaired) electrons. The van der Waals surface area contributed by atoms with Gasteiger partial charge in [0.05, 0.1) is 17.8 Å². The summed E-state index contributed by atoms with van der Waals surface area (Å²) >= 11 is 0. The summed E-state index contributed by atoms with van der Waals surface area (Å²) < 4.78 is 18.9. The molecule has 5 heteroatoms. The van der Waals surface area contributed by atoms with E-state index in [1.807, 2.05) is 13.8 Å². The Balaban J connectivity index is 2.18. The molecular formula is C14H18FNO3. The fraction of sp³-hybridized carbons (Fsp3) is 0.500. The minimum Gasteiger partial charge on any atom is -0.478 e. The molecule has 1 aliphatic rings. The topological polar surface area (TPSA) is 49.8 Å². The van der Waals surface area contributed by atoms with Crippen molar-refractivity contribution in [2.75, 3.05) is 13.1 Å². The number of ether oxygens (including phenoxy) is 1. The molecule has 0 bridgehead atoms. The first-order valence-electron chi connectivity index (χ1n) is 6.35. The average molecular weight is 267 g/mol. The molecule has 2 rings (SSSR count). The molecule has 19 heavy (non-hydrogen) atoms. The van der Waals surface area contributed by atoms with Crippen LogP contribution in [-0.4, -0.2) is 41.3 Å². The van der Waals surface area contributed by atoms with Gasteiger partial charge in [0.15, 0.2) is 0 Å². The third-order valence-corrected chi connectivity index (χ3v) is 3.19. The van der Waals surface area contributed by atoms with Gasteiger partial charge in [-0.1, -0.05) is 0 Å². The van der Waals surface area contributed by atoms with Crippen LogP contribution in [0.2, 0.25) is 0 Å². The molecule has 2 unspecified atom stereocenters. The summed E-state index contributed by atoms with van der Waals surface area (Å²) in [7, 11) is 0. The van der Waals surface area contributed by atoms with Gasteiger partial charge in [-0.05, 0) is 37.6 Å². The molecule has 1 N–H and O–H groups in total. The lowest BCUT2D eigenvalue weighted by Gasteiger charge is -2.35. The van der Waals surface area contributed by atoms with Crippen molar-refractivity contribution in [1.29, 1.82) is 0 Å². The molecule has 0 saturated carbocycles. The largest absolute Gasteiger partial charge is 0.478 e. The Morgan fingerprint density at radius 3 is 2.63 bits per heavy atom. The van der Waals surface area contributed by atoms with Gasteiger partial charge >= 0.3 is 5.97 Å². The van der Waals surface area contributed by atoms with Crippen LogP contribution in [0.1, 0.15) is 29.8 Å². The molecule has 4 nitrogen and oxygen atoms in total. The Morgan fingerprint density at radius 1 is 1.42 bits per heavy atom. The van der Waals surface area contributed by atoms with E-state index in [1.165, 1.54) is 18.2 Å². The highest BCUT2D eigenvalue weighted by atomic mass is 19.1. The molecule has 1 saturated heterocycles. The zero-order valence-electron chi connectivity index (χ0n) is 11.1. The van der Waals surface area contributed by atoms with Crippen molar-refractivity contribution in [2.24, 2.45) is 0 Å². The molecule has 1 aromatic rings. The van der Waals surface area contributed by atoms with Crippen molar-refractivity contribution in [3.63, 3.8) is 0 Å². The Labute approximate surface area is 111 Å². The standard InChI is InChI=1S/C14H18FNO3/c1-9-6-16(7-10(2)19-9)8-11-5-12(15)3-4-13(11)14(17)18/h3-5,9-10H,6-8H2,1-2H3,(H,17,18). The summed E-state index contributed by atoms with van der Waals surface area (Å²) in [5, 5.41) is 9.12. The van der Waals surface area contributed by atoms with Crippen LogP contribution in [0.4, 0.5) is 4.39 Å². The minimum absolute atomic E-state index is 0.102. The number of carboxylic acids is 1. The number of benzene rings is 1. The number of carboxylic acid groups (broad SMARTS) is 1. The van der Waals surface area contributed by atoms with Gasteiger partial charge in [0.2, 0.25) is 0 Å². The number of halogens is 1. The second kappa shape index (κ2) is 5.67. The van der Waals surface area contributed by atoms with E-state index in [-0.39, 0.29) is 17.8 Å². The molecule has 0 amide bonds. The highest BCUT2D eigenvalue weighted by Gasteiger charge is 2.23. The van der Waals surface area contributed by atoms with Crippen LogP contribution in [-0.2, 0) is 11.3 Å². The molecule has 1 aliphatic heterocycles. The van der Waals surface area contributed by atoms with Crippen LogP contribution in [0.3, 0.4) is 0 Å². The van der Waals surface area contributed by atoms with Gasteiger partial charge in [-0.15, -0.1) is 0 Å². The van der Waals surface area contributed by atoms with E-state index in [0.29, 0.717) is 12.1 Å². The van der Waals surface area contributed by atoms with Gasteiger partial charge in [0.25, 0.3) is 0 Å². The van der Waals surface area contributed by atoms with Crippen LogP contribution < -0.4 is 0 Å². The van der Waals surface area contributed by atoms with Crippen molar-refractivity contribution in [2.45, 2.75) is 32.6 Å². The third kappa shape index (κ3) is 3.52. The summed E-state index contributed by atoms with van der Waals surface area (Å²) in [5.74, 6) is -1.43. The second-order valence-corrected chi connectivity index (χ2v) is 5.06. The summed E-state index contributed by atoms with van der Waals surface area (Å²) in [6, 6.07) is 3.80. The molecule has 0 spiro atoms. The van der Waals surface area contributed by atoms with E-state index in [9.17, 15) is 9.18 Å². The van der Waals surface area contributed by atoms with Gasteiger partial charge in [-0.2, -0.15) is 0 Å². The predicted molar refractivity (Wildman–Crippen MR) is 68.6 cm³/mol. The Bertz CT molecular complexity index is 468. The lowest BCUT2D eigenvalue weighted by Crippen LogP contribution is -2.45. The maximum atomic E-state index is 13.3. The van der Waals surface area contributed by atoms with Crippen LogP contribution >= 0.6 is 0 Å². The first-order valence-corrected chi connectivity index (χ1v) is 6.35. The number of nitrogens with zero attached hydrogens (tertiary/aromatic N) is 1. The molecule has 1 aromatic carbocycles. The first kappa shape index (κ1) is 14.0. The van der Waals surface area contributed by atoms with Crippen molar-refractivity contribution in [1.82, 2.24) is 4.90 Å². The van der Waals surface area contributed by atoms with Gasteiger partial charge in [0.1, 0.15) is 5.82 Å². The summed E-state index contributed by atoms with van der Waals surface area (Å²) in [6.07, 6.45) is 0.205. The van der Waals surface area contributed by atoms with E-state index in [0.717, 1.165) is 13.1 Å². The fourth-order valence-corrected chi connectivity index (χ4v) is 2.56. The fourth-order valence-electron chi connectivity index (χ4n) is 2.56. The molecular weight excluding hydrogens is 249 g/mol. The number of rotatable bonds is 3. The molecule has 1 fully saturated rings. The van der Waals surface area contributed by atoms with Crippen LogP contribution in [0.15, 0.2) is 18.2 Å². The molecule has 1 heterocycles. The second-order valence-electron chi connectivity index (χ2n) is 5.06. The number of carbonyl (C=O) groups is 1. The highest BCUT2D eigenvalue weighted by Crippen LogP contribution is 2.18. The van der Waals surface area contributed by atoms with Gasteiger partial charge in [-0.25, -0.2) is 9.18 Å². The van der Waals surface area contributed by atoms with Crippen LogP contribution in [0.5, 0.6) is 0 Å². The smallest absolute Gasteiger partial charge is 0.336 e. The third-order valence-electron chi connectivity index (χ3n) is 3.19. The molecule has 2 atom stereocenters. The molecule has 0 aliphatic carbocycles. The highest BCUT2D eigenvalue weighted by molar-refractivity contribution is 5.89. The SMILES string of the molecule is CC1CN(Cc2cc(F)ccc2C(=O)O)CC(C)O1. The minimum atomic E-state index is -1.02. The van der Waals surface area contributed by atoms with Crippen molar-refractivity contribution >= 4 is 5.97 Å². The summed E-state index contributed by atoms with van der Waals surface area (Å²) in [6.45, 7) is 5.83. The van der Waals surface area contributed by atoms with Crippen LogP contribution in [0, 0.1) is 5.82 Å². The lowest BCUT2D eigenvalue weighted by atomic mass is 10.1. The lowest BCUT2D eigenvalue weighted by molar-refractivity contribution is -0.0705. The van der Waals surface area contributed by atoms with Gasteiger partial charge in [0, 0.05) is 19.6 Å². The van der Waals surface area contributed by atoms with E-state index in [4.69, 9.17) is 9.84 Å². The average Bonchev–Trinajstić information content (AvgIpc) is 2.26. The van der Waals surface area contributed by atoms with Crippen molar-refractivity contribution in [3.8, 4) is 0 Å². The van der Waals surface area contributed by atoms with Crippen molar-refractivity contribution in [3.05, 3.63) is 35.1 Å². The van der Waals surface area contributed by atoms with E-state index >= 15 is 0 Å². The van der Waals surface area contributed by atoms with E-state index in [2.05, 4.69) is 4.90 Å². The maximum Gasteiger partial charge on any atom is 0.336 e. The van der Waals surface area contributed by atoms with Gasteiger partial charge < -0.3 is 9.84 Å². The quantitative estimate of drug-likeness (QED) is 0.911. The van der Waals surface area contributed by atoms with Crippen LogP contribution in [0.25, 0.3) is 0 Å². The Hall–Kier alpha value is -1.46.